The van der Waals surface area contributed by atoms with Crippen molar-refractivity contribution >= 4 is 5.97 Å². The van der Waals surface area contributed by atoms with Gasteiger partial charge in [0.2, 0.25) is 6.54 Å². The molecule has 0 spiro atoms. The highest BCUT2D eigenvalue weighted by atomic mass is 16.6. The lowest BCUT2D eigenvalue weighted by atomic mass is 9.81. The lowest BCUT2D eigenvalue weighted by Gasteiger charge is -2.23. The van der Waals surface area contributed by atoms with Crippen LogP contribution in [0.1, 0.15) is 29.9 Å². The SMILES string of the molecule is CCOC(=O)[C@@H](c1ccccc1)[C@H](C[N+](=O)[O-])c1ccccc1. The molecule has 5 nitrogen and oxygen atoms in total. The monoisotopic (exact) mass is 313 g/mol. The predicted octanol–water partition coefficient (Wildman–Crippen LogP) is 3.39. The van der Waals surface area contributed by atoms with Crippen molar-refractivity contribution in [1.29, 1.82) is 0 Å². The van der Waals surface area contributed by atoms with Crippen LogP contribution in [0.5, 0.6) is 0 Å². The summed E-state index contributed by atoms with van der Waals surface area (Å²) in [6, 6.07) is 18.2. The molecule has 2 rings (SSSR count). The van der Waals surface area contributed by atoms with E-state index in [-0.39, 0.29) is 18.1 Å². The average Bonchev–Trinajstić information content (AvgIpc) is 2.56. The van der Waals surface area contributed by atoms with Gasteiger partial charge in [-0.25, -0.2) is 0 Å². The lowest BCUT2D eigenvalue weighted by Crippen LogP contribution is -2.27. The summed E-state index contributed by atoms with van der Waals surface area (Å²) >= 11 is 0. The Balaban J connectivity index is 2.47. The maximum atomic E-state index is 12.5. The zero-order chi connectivity index (χ0) is 16.7. The van der Waals surface area contributed by atoms with Gasteiger partial charge in [0, 0.05) is 4.92 Å². The first kappa shape index (κ1) is 16.7. The van der Waals surface area contributed by atoms with Gasteiger partial charge in [0.25, 0.3) is 0 Å². The molecule has 0 aromatic heterocycles. The molecule has 0 aliphatic carbocycles. The number of ether oxygens (including phenoxy) is 1. The van der Waals surface area contributed by atoms with Gasteiger partial charge >= 0.3 is 5.97 Å². The number of hydrogen-bond acceptors (Lipinski definition) is 4. The highest BCUT2D eigenvalue weighted by molar-refractivity contribution is 5.79. The van der Waals surface area contributed by atoms with Crippen LogP contribution in [0.4, 0.5) is 0 Å². The summed E-state index contributed by atoms with van der Waals surface area (Å²) in [5.41, 5.74) is 1.48. The molecule has 5 heteroatoms. The molecule has 0 saturated heterocycles. The standard InChI is InChI=1S/C18H19NO4/c1-2-23-18(20)17(15-11-7-4-8-12-15)16(13-19(21)22)14-9-5-3-6-10-14/h3-12,16-17H,2,13H2,1H3/t16-,17+/m1/s1. The van der Waals surface area contributed by atoms with Crippen LogP contribution in [0.15, 0.2) is 60.7 Å². The Kier molecular flexibility index (Phi) is 5.86. The third-order valence-corrected chi connectivity index (χ3v) is 3.68. The maximum Gasteiger partial charge on any atom is 0.314 e. The summed E-state index contributed by atoms with van der Waals surface area (Å²) < 4.78 is 5.18. The molecule has 0 fully saturated rings. The van der Waals surface area contributed by atoms with Gasteiger partial charge in [0.05, 0.1) is 18.4 Å². The van der Waals surface area contributed by atoms with Crippen LogP contribution < -0.4 is 0 Å². The molecular weight excluding hydrogens is 294 g/mol. The fraction of sp³-hybridized carbons (Fsp3) is 0.278. The van der Waals surface area contributed by atoms with Crippen molar-refractivity contribution < 1.29 is 14.5 Å². The van der Waals surface area contributed by atoms with Crippen LogP contribution in [0.2, 0.25) is 0 Å². The van der Waals surface area contributed by atoms with Crippen LogP contribution in [0, 0.1) is 10.1 Å². The molecular formula is C18H19NO4. The summed E-state index contributed by atoms with van der Waals surface area (Å²) in [5.74, 6) is -1.72. The van der Waals surface area contributed by atoms with Gasteiger partial charge < -0.3 is 4.74 Å². The Hall–Kier alpha value is -2.69. The number of carbonyl (C=O) groups is 1. The smallest absolute Gasteiger partial charge is 0.314 e. The third kappa shape index (κ3) is 4.39. The van der Waals surface area contributed by atoms with E-state index in [0.717, 1.165) is 11.1 Å². The predicted molar refractivity (Wildman–Crippen MR) is 86.9 cm³/mol. The van der Waals surface area contributed by atoms with Crippen LogP contribution >= 0.6 is 0 Å². The van der Waals surface area contributed by atoms with E-state index in [1.807, 2.05) is 48.5 Å². The van der Waals surface area contributed by atoms with Crippen molar-refractivity contribution in [2.75, 3.05) is 13.2 Å². The van der Waals surface area contributed by atoms with Crippen LogP contribution in [0.3, 0.4) is 0 Å². The van der Waals surface area contributed by atoms with Crippen molar-refractivity contribution in [2.45, 2.75) is 18.8 Å². The number of carbonyl (C=O) groups excluding carboxylic acids is 1. The van der Waals surface area contributed by atoms with E-state index in [4.69, 9.17) is 4.74 Å². The molecule has 0 radical (unpaired) electrons. The van der Waals surface area contributed by atoms with Gasteiger partial charge in [-0.3, -0.25) is 14.9 Å². The molecule has 23 heavy (non-hydrogen) atoms. The second-order valence-corrected chi connectivity index (χ2v) is 5.17. The number of hydrogen-bond donors (Lipinski definition) is 0. The van der Waals surface area contributed by atoms with Crippen molar-refractivity contribution in [2.24, 2.45) is 0 Å². The first-order chi connectivity index (χ1) is 11.1. The molecule has 0 N–H and O–H groups in total. The summed E-state index contributed by atoms with van der Waals surface area (Å²) in [7, 11) is 0. The highest BCUT2D eigenvalue weighted by Crippen LogP contribution is 2.34. The van der Waals surface area contributed by atoms with E-state index < -0.39 is 17.8 Å². The van der Waals surface area contributed by atoms with Crippen LogP contribution in [0.25, 0.3) is 0 Å². The summed E-state index contributed by atoms with van der Waals surface area (Å²) in [5, 5.41) is 11.2. The Morgan fingerprint density at radius 1 is 1.04 bits per heavy atom. The zero-order valence-corrected chi connectivity index (χ0v) is 12.9. The first-order valence-electron chi connectivity index (χ1n) is 7.51. The topological polar surface area (TPSA) is 69.4 Å². The molecule has 0 unspecified atom stereocenters. The molecule has 0 amide bonds. The minimum atomic E-state index is -0.705. The molecule has 0 aliphatic heterocycles. The van der Waals surface area contributed by atoms with Crippen molar-refractivity contribution in [3.63, 3.8) is 0 Å². The Bertz CT molecular complexity index is 643. The number of esters is 1. The normalized spacial score (nSPS) is 13.1. The summed E-state index contributed by atoms with van der Waals surface area (Å²) in [4.78, 5) is 23.3. The molecule has 0 aliphatic rings. The van der Waals surface area contributed by atoms with E-state index >= 15 is 0 Å². The number of rotatable bonds is 7. The minimum Gasteiger partial charge on any atom is -0.466 e. The lowest BCUT2D eigenvalue weighted by molar-refractivity contribution is -0.483. The average molecular weight is 313 g/mol. The maximum absolute atomic E-state index is 12.5. The Morgan fingerprint density at radius 2 is 1.57 bits per heavy atom. The zero-order valence-electron chi connectivity index (χ0n) is 12.9. The molecule has 0 bridgehead atoms. The molecule has 2 aromatic carbocycles. The van der Waals surface area contributed by atoms with Crippen LogP contribution in [-0.4, -0.2) is 24.0 Å². The van der Waals surface area contributed by atoms with Gasteiger partial charge in [0.1, 0.15) is 0 Å². The molecule has 2 aromatic rings. The fourth-order valence-corrected chi connectivity index (χ4v) is 2.69. The van der Waals surface area contributed by atoms with Gasteiger partial charge in [-0.05, 0) is 18.1 Å². The van der Waals surface area contributed by atoms with E-state index in [9.17, 15) is 14.9 Å². The number of benzene rings is 2. The van der Waals surface area contributed by atoms with Gasteiger partial charge in [-0.2, -0.15) is 0 Å². The largest absolute Gasteiger partial charge is 0.466 e. The molecule has 2 atom stereocenters. The van der Waals surface area contributed by atoms with Gasteiger partial charge in [-0.1, -0.05) is 60.7 Å². The van der Waals surface area contributed by atoms with Crippen molar-refractivity contribution in [3.8, 4) is 0 Å². The van der Waals surface area contributed by atoms with E-state index in [2.05, 4.69) is 0 Å². The quantitative estimate of drug-likeness (QED) is 0.446. The van der Waals surface area contributed by atoms with Crippen molar-refractivity contribution in [1.82, 2.24) is 0 Å². The second-order valence-electron chi connectivity index (χ2n) is 5.17. The molecule has 0 saturated carbocycles. The van der Waals surface area contributed by atoms with E-state index in [1.165, 1.54) is 0 Å². The van der Waals surface area contributed by atoms with Crippen LogP contribution in [-0.2, 0) is 9.53 Å². The first-order valence-corrected chi connectivity index (χ1v) is 7.51. The van der Waals surface area contributed by atoms with E-state index in [1.54, 1.807) is 19.1 Å². The van der Waals surface area contributed by atoms with Gasteiger partial charge in [0.15, 0.2) is 0 Å². The summed E-state index contributed by atoms with van der Waals surface area (Å²) in [6.45, 7) is 1.63. The van der Waals surface area contributed by atoms with Gasteiger partial charge in [-0.15, -0.1) is 0 Å². The number of nitrogens with zero attached hydrogens (tertiary/aromatic N) is 1. The molecule has 0 heterocycles. The summed E-state index contributed by atoms with van der Waals surface area (Å²) in [6.07, 6.45) is 0. The second kappa shape index (κ2) is 8.08. The Labute approximate surface area is 135 Å². The number of nitro groups is 1. The highest BCUT2D eigenvalue weighted by Gasteiger charge is 2.35. The molecule has 120 valence electrons. The third-order valence-electron chi connectivity index (χ3n) is 3.68. The Morgan fingerprint density at radius 3 is 2.04 bits per heavy atom. The fourth-order valence-electron chi connectivity index (χ4n) is 2.69. The minimum absolute atomic E-state index is 0.238. The van der Waals surface area contributed by atoms with Crippen molar-refractivity contribution in [3.05, 3.63) is 81.9 Å². The van der Waals surface area contributed by atoms with E-state index in [0.29, 0.717) is 0 Å².